The van der Waals surface area contributed by atoms with Gasteiger partial charge >= 0.3 is 0 Å². The van der Waals surface area contributed by atoms with E-state index in [-0.39, 0.29) is 11.5 Å². The van der Waals surface area contributed by atoms with Gasteiger partial charge in [-0.1, -0.05) is 31.9 Å². The number of allylic oxidation sites excluding steroid dienone is 5. The Morgan fingerprint density at radius 2 is 2.06 bits per heavy atom. The van der Waals surface area contributed by atoms with E-state index in [0.29, 0.717) is 23.4 Å². The average molecular weight is 451 g/mol. The van der Waals surface area contributed by atoms with Crippen LogP contribution in [-0.2, 0) is 0 Å². The molecule has 1 aliphatic rings. The first-order chi connectivity index (χ1) is 15.8. The number of nitrogens with zero attached hydrogens (tertiary/aromatic N) is 3. The van der Waals surface area contributed by atoms with Crippen molar-refractivity contribution in [1.82, 2.24) is 0 Å². The molecule has 1 heterocycles. The van der Waals surface area contributed by atoms with Crippen molar-refractivity contribution in [3.63, 3.8) is 0 Å². The highest BCUT2D eigenvalue weighted by Gasteiger charge is 2.25. The minimum atomic E-state index is -1.33. The van der Waals surface area contributed by atoms with Gasteiger partial charge in [-0.3, -0.25) is 4.99 Å². The zero-order chi connectivity index (χ0) is 24.4. The van der Waals surface area contributed by atoms with Crippen LogP contribution in [0.1, 0.15) is 38.7 Å². The van der Waals surface area contributed by atoms with Gasteiger partial charge in [-0.2, -0.15) is 5.26 Å². The van der Waals surface area contributed by atoms with E-state index in [4.69, 9.17) is 0 Å². The third-order valence-electron chi connectivity index (χ3n) is 5.74. The third kappa shape index (κ3) is 7.01. The van der Waals surface area contributed by atoms with E-state index in [1.165, 1.54) is 6.92 Å². The summed E-state index contributed by atoms with van der Waals surface area (Å²) in [5.74, 6) is -0.351. The van der Waals surface area contributed by atoms with Crippen molar-refractivity contribution in [3.05, 3.63) is 84.5 Å². The summed E-state index contributed by atoms with van der Waals surface area (Å²) in [5.41, 5.74) is 3.72. The summed E-state index contributed by atoms with van der Waals surface area (Å²) in [6.07, 6.45) is 6.80. The molecule has 6 heteroatoms. The van der Waals surface area contributed by atoms with Crippen LogP contribution in [0.4, 0.5) is 20.2 Å². The molecule has 0 radical (unpaired) electrons. The molecule has 0 aliphatic carbocycles. The van der Waals surface area contributed by atoms with Gasteiger partial charge in [0, 0.05) is 19.3 Å². The third-order valence-corrected chi connectivity index (χ3v) is 5.74. The predicted molar refractivity (Wildman–Crippen MR) is 135 cm³/mol. The highest BCUT2D eigenvalue weighted by atomic mass is 19.1. The number of hydrogen-bond acceptors (Lipinski definition) is 4. The van der Waals surface area contributed by atoms with Gasteiger partial charge in [-0.05, 0) is 68.9 Å². The molecule has 1 unspecified atom stereocenters. The Morgan fingerprint density at radius 3 is 2.61 bits per heavy atom. The average Bonchev–Trinajstić information content (AvgIpc) is 2.82. The van der Waals surface area contributed by atoms with Gasteiger partial charge in [0.05, 0.1) is 34.4 Å². The van der Waals surface area contributed by atoms with Crippen LogP contribution in [0.5, 0.6) is 0 Å². The van der Waals surface area contributed by atoms with Crippen molar-refractivity contribution in [1.29, 1.82) is 5.26 Å². The van der Waals surface area contributed by atoms with Crippen LogP contribution in [-0.4, -0.2) is 25.5 Å². The van der Waals surface area contributed by atoms with Crippen LogP contribution >= 0.6 is 0 Å². The lowest BCUT2D eigenvalue weighted by atomic mass is 9.88. The Hall–Kier alpha value is -3.46. The second kappa shape index (κ2) is 12.5. The molecule has 33 heavy (non-hydrogen) atoms. The zero-order valence-electron chi connectivity index (χ0n) is 19.5. The number of hydrogen-bond donors (Lipinski definition) is 1. The van der Waals surface area contributed by atoms with E-state index in [2.05, 4.69) is 41.0 Å². The van der Waals surface area contributed by atoms with Crippen LogP contribution in [0.3, 0.4) is 0 Å². The van der Waals surface area contributed by atoms with Crippen LogP contribution in [0, 0.1) is 17.2 Å². The first-order valence-electron chi connectivity index (χ1n) is 11.1. The maximum atomic E-state index is 14.0. The molecule has 0 aromatic heterocycles. The number of benzene rings is 1. The van der Waals surface area contributed by atoms with E-state index in [9.17, 15) is 14.0 Å². The molecule has 1 N–H and O–H groups in total. The van der Waals surface area contributed by atoms with E-state index in [1.54, 1.807) is 24.4 Å². The van der Waals surface area contributed by atoms with Crippen molar-refractivity contribution < 1.29 is 8.78 Å². The fraction of sp³-hybridized carbons (Fsp3) is 0.333. The molecule has 0 amide bonds. The number of nitrogens with one attached hydrogen (secondary N) is 1. The summed E-state index contributed by atoms with van der Waals surface area (Å²) in [5, 5.41) is 12.7. The lowest BCUT2D eigenvalue weighted by molar-refractivity contribution is 0.344. The molecule has 0 saturated carbocycles. The number of nitriles is 1. The molecule has 2 rings (SSSR count). The van der Waals surface area contributed by atoms with E-state index in [0.717, 1.165) is 43.4 Å². The van der Waals surface area contributed by atoms with Crippen molar-refractivity contribution in [2.45, 2.75) is 39.3 Å². The van der Waals surface area contributed by atoms with Crippen LogP contribution in [0.2, 0.25) is 0 Å². The monoisotopic (exact) mass is 450 g/mol. The largest absolute Gasteiger partial charge is 0.370 e. The molecule has 1 saturated heterocycles. The molecular formula is C27H32F2N4. The SMILES string of the molecule is C=C/C=N\C(=C/C)C(=C)Nc1cc(C#N)ccc1N1CCC(C/C(=C(\F)C=C)C(C)F)CC1. The Balaban J connectivity index is 2.19. The number of aliphatic imine (C=N–C) groups is 1. The molecule has 0 bridgehead atoms. The Labute approximate surface area is 196 Å². The lowest BCUT2D eigenvalue weighted by Gasteiger charge is -2.35. The molecular weight excluding hydrogens is 418 g/mol. The summed E-state index contributed by atoms with van der Waals surface area (Å²) < 4.78 is 27.9. The standard InChI is InChI=1S/C27H32F2N4/c1-6-13-31-25(8-3)20(5)32-26-17-22(18-30)9-10-27(26)33-14-11-21(12-15-33)16-23(19(4)28)24(29)7-2/h6-10,13,17,19,21,32H,1-2,5,11-12,14-16H2,3-4H3/b24-23+,25-8-,31-13-. The van der Waals surface area contributed by atoms with Crippen LogP contribution in [0.25, 0.3) is 0 Å². The number of halogens is 2. The van der Waals surface area contributed by atoms with E-state index >= 15 is 0 Å². The van der Waals surface area contributed by atoms with Crippen molar-refractivity contribution >= 4 is 17.6 Å². The molecule has 174 valence electrons. The van der Waals surface area contributed by atoms with Crippen molar-refractivity contribution in [2.75, 3.05) is 23.3 Å². The van der Waals surface area contributed by atoms with Gasteiger partial charge in [0.2, 0.25) is 0 Å². The zero-order valence-corrected chi connectivity index (χ0v) is 19.5. The van der Waals surface area contributed by atoms with Crippen molar-refractivity contribution in [2.24, 2.45) is 10.9 Å². The minimum absolute atomic E-state index is 0.194. The summed E-state index contributed by atoms with van der Waals surface area (Å²) >= 11 is 0. The maximum absolute atomic E-state index is 14.0. The fourth-order valence-corrected chi connectivity index (χ4v) is 3.94. The van der Waals surface area contributed by atoms with E-state index in [1.807, 2.05) is 19.1 Å². The normalized spacial score (nSPS) is 16.7. The Morgan fingerprint density at radius 1 is 1.36 bits per heavy atom. The second-order valence-corrected chi connectivity index (χ2v) is 7.96. The first kappa shape index (κ1) is 25.8. The van der Waals surface area contributed by atoms with Crippen molar-refractivity contribution in [3.8, 4) is 6.07 Å². The Bertz CT molecular complexity index is 1000. The minimum Gasteiger partial charge on any atom is -0.370 e. The molecule has 1 atom stereocenters. The quantitative estimate of drug-likeness (QED) is 0.308. The highest BCUT2D eigenvalue weighted by molar-refractivity contribution is 5.76. The lowest BCUT2D eigenvalue weighted by Crippen LogP contribution is -2.34. The second-order valence-electron chi connectivity index (χ2n) is 7.96. The van der Waals surface area contributed by atoms with E-state index < -0.39 is 12.0 Å². The van der Waals surface area contributed by atoms with Gasteiger partial charge < -0.3 is 10.2 Å². The molecule has 1 fully saturated rings. The maximum Gasteiger partial charge on any atom is 0.124 e. The number of alkyl halides is 1. The number of anilines is 2. The predicted octanol–water partition coefficient (Wildman–Crippen LogP) is 7.02. The smallest absolute Gasteiger partial charge is 0.124 e. The van der Waals surface area contributed by atoms with Gasteiger partial charge in [-0.15, -0.1) is 0 Å². The molecule has 1 aromatic rings. The molecule has 0 spiro atoms. The van der Waals surface area contributed by atoms with Gasteiger partial charge in [0.25, 0.3) is 0 Å². The molecule has 1 aliphatic heterocycles. The van der Waals surface area contributed by atoms with Crippen LogP contribution in [0.15, 0.2) is 84.0 Å². The summed E-state index contributed by atoms with van der Waals surface area (Å²) in [4.78, 5) is 6.54. The fourth-order valence-electron chi connectivity index (χ4n) is 3.94. The van der Waals surface area contributed by atoms with Crippen LogP contribution < -0.4 is 10.2 Å². The number of rotatable bonds is 10. The molecule has 4 nitrogen and oxygen atoms in total. The number of piperidine rings is 1. The summed E-state index contributed by atoms with van der Waals surface area (Å²) in [6.45, 7) is 15.9. The topological polar surface area (TPSA) is 51.4 Å². The first-order valence-corrected chi connectivity index (χ1v) is 11.1. The highest BCUT2D eigenvalue weighted by Crippen LogP contribution is 2.35. The van der Waals surface area contributed by atoms with Gasteiger partial charge in [-0.25, -0.2) is 8.78 Å². The Kier molecular flexibility index (Phi) is 9.81. The summed E-state index contributed by atoms with van der Waals surface area (Å²) in [7, 11) is 0. The molecule has 1 aromatic carbocycles. The van der Waals surface area contributed by atoms with Gasteiger partial charge in [0.1, 0.15) is 12.0 Å². The van der Waals surface area contributed by atoms with Gasteiger partial charge in [0.15, 0.2) is 0 Å². The summed E-state index contributed by atoms with van der Waals surface area (Å²) in [6, 6.07) is 7.67.